The number of hydrogen-bond donors (Lipinski definition) is 3. The maximum atomic E-state index is 11.7. The summed E-state index contributed by atoms with van der Waals surface area (Å²) in [6, 6.07) is 3.39. The third-order valence-corrected chi connectivity index (χ3v) is 2.78. The van der Waals surface area contributed by atoms with Gasteiger partial charge in [-0.1, -0.05) is 9.39 Å². The number of aryl methyl sites for hydroxylation is 1. The first-order valence-electron chi connectivity index (χ1n) is 6.21. The van der Waals surface area contributed by atoms with Crippen LogP contribution < -0.4 is 19.9 Å². The molecule has 116 valence electrons. The van der Waals surface area contributed by atoms with E-state index in [1.54, 1.807) is 12.1 Å². The number of aliphatic hydroxyl groups is 1. The summed E-state index contributed by atoms with van der Waals surface area (Å²) in [5, 5.41) is 14.3. The van der Waals surface area contributed by atoms with Crippen LogP contribution in [0.2, 0.25) is 0 Å². The second kappa shape index (κ2) is 8.56. The van der Waals surface area contributed by atoms with Crippen molar-refractivity contribution in [2.24, 2.45) is 0 Å². The van der Waals surface area contributed by atoms with E-state index in [-0.39, 0.29) is 31.4 Å². The van der Waals surface area contributed by atoms with Crippen LogP contribution >= 0.6 is 9.39 Å². The first kappa shape index (κ1) is 17.4. The molecule has 1 aromatic carbocycles. The minimum absolute atomic E-state index is 0.0771. The minimum Gasteiger partial charge on any atom is -0.493 e. The Morgan fingerprint density at radius 2 is 2.05 bits per heavy atom. The molecule has 1 atom stereocenters. The average Bonchev–Trinajstić information content (AvgIpc) is 2.46. The van der Waals surface area contributed by atoms with Gasteiger partial charge in [-0.05, 0) is 24.6 Å². The lowest BCUT2D eigenvalue weighted by molar-refractivity contribution is -0.135. The van der Waals surface area contributed by atoms with E-state index in [2.05, 4.69) is 19.8 Å². The molecule has 1 rings (SSSR count). The lowest BCUT2D eigenvalue weighted by Crippen LogP contribution is -2.36. The molecular formula is C13H19N2O5P. The number of carbonyl (C=O) groups is 2. The largest absolute Gasteiger partial charge is 0.493 e. The first-order chi connectivity index (χ1) is 10.0. The van der Waals surface area contributed by atoms with E-state index in [0.29, 0.717) is 11.3 Å². The topological polar surface area (TPSA) is 96.9 Å². The Morgan fingerprint density at radius 3 is 2.62 bits per heavy atom. The third-order valence-electron chi connectivity index (χ3n) is 2.57. The highest BCUT2D eigenvalue weighted by Crippen LogP contribution is 2.32. The van der Waals surface area contributed by atoms with Crippen molar-refractivity contribution in [3.05, 3.63) is 23.3 Å². The molecule has 0 spiro atoms. The molecule has 1 aromatic rings. The van der Waals surface area contributed by atoms with Gasteiger partial charge in [-0.2, -0.15) is 0 Å². The summed E-state index contributed by atoms with van der Waals surface area (Å²) in [6.07, 6.45) is 0. The van der Waals surface area contributed by atoms with E-state index in [4.69, 9.17) is 9.47 Å². The van der Waals surface area contributed by atoms with Crippen molar-refractivity contribution in [3.8, 4) is 11.5 Å². The summed E-state index contributed by atoms with van der Waals surface area (Å²) in [7, 11) is 3.63. The van der Waals surface area contributed by atoms with Crippen LogP contribution in [0.15, 0.2) is 12.1 Å². The number of methoxy groups -OCH3 is 1. The average molecular weight is 314 g/mol. The number of amides is 1. The van der Waals surface area contributed by atoms with Gasteiger partial charge in [0.05, 0.1) is 20.3 Å². The van der Waals surface area contributed by atoms with E-state index in [9.17, 15) is 14.7 Å². The van der Waals surface area contributed by atoms with Crippen LogP contribution in [0.1, 0.15) is 11.1 Å². The fourth-order valence-corrected chi connectivity index (χ4v) is 1.86. The minimum atomic E-state index is -0.649. The molecule has 7 nitrogen and oxygen atoms in total. The van der Waals surface area contributed by atoms with Crippen molar-refractivity contribution < 1.29 is 24.2 Å². The van der Waals surface area contributed by atoms with Crippen LogP contribution in [0.3, 0.4) is 0 Å². The normalized spacial score (nSPS) is 10.1. The smallest absolute Gasteiger partial charge is 0.330 e. The quantitative estimate of drug-likeness (QED) is 0.369. The summed E-state index contributed by atoms with van der Waals surface area (Å²) < 4.78 is 10.3. The molecule has 0 aromatic heterocycles. The molecule has 0 fully saturated rings. The molecular weight excluding hydrogens is 295 g/mol. The molecule has 0 aliphatic heterocycles. The molecule has 1 amide bonds. The Bertz CT molecular complexity index is 496. The Labute approximate surface area is 125 Å². The monoisotopic (exact) mass is 314 g/mol. The van der Waals surface area contributed by atoms with E-state index in [1.807, 2.05) is 6.92 Å². The van der Waals surface area contributed by atoms with Crippen molar-refractivity contribution >= 4 is 21.3 Å². The van der Waals surface area contributed by atoms with E-state index < -0.39 is 5.97 Å². The van der Waals surface area contributed by atoms with Gasteiger partial charge in [-0.15, -0.1) is 0 Å². The SMILES string of the molecule is COc1cc(C)cc(CO)c1OC(=O)CNC(=O)CNP. The Balaban J connectivity index is 2.77. The number of nitrogens with one attached hydrogen (secondary N) is 2. The van der Waals surface area contributed by atoms with Crippen molar-refractivity contribution in [2.45, 2.75) is 13.5 Å². The number of carbonyl (C=O) groups excluding carboxylic acids is 2. The highest BCUT2D eigenvalue weighted by atomic mass is 31.0. The number of ether oxygens (including phenoxy) is 2. The summed E-state index contributed by atoms with van der Waals surface area (Å²) in [5.74, 6) is -0.469. The van der Waals surface area contributed by atoms with Gasteiger partial charge >= 0.3 is 5.97 Å². The van der Waals surface area contributed by atoms with Crippen LogP contribution in [0.25, 0.3) is 0 Å². The lowest BCUT2D eigenvalue weighted by Gasteiger charge is -2.14. The van der Waals surface area contributed by atoms with Crippen molar-refractivity contribution in [3.63, 3.8) is 0 Å². The predicted molar refractivity (Wildman–Crippen MR) is 80.0 cm³/mol. The van der Waals surface area contributed by atoms with Crippen LogP contribution in [0.4, 0.5) is 0 Å². The Hall–Kier alpha value is -1.69. The van der Waals surface area contributed by atoms with Gasteiger partial charge in [0, 0.05) is 5.56 Å². The molecule has 8 heteroatoms. The maximum Gasteiger partial charge on any atom is 0.330 e. The van der Waals surface area contributed by atoms with E-state index in [1.165, 1.54) is 7.11 Å². The fraction of sp³-hybridized carbons (Fsp3) is 0.385. The molecule has 0 radical (unpaired) electrons. The molecule has 0 aliphatic rings. The van der Waals surface area contributed by atoms with Crippen molar-refractivity contribution in [2.75, 3.05) is 20.2 Å². The van der Waals surface area contributed by atoms with Gasteiger partial charge in [0.1, 0.15) is 6.54 Å². The maximum absolute atomic E-state index is 11.7. The molecule has 0 bridgehead atoms. The number of benzene rings is 1. The van der Waals surface area contributed by atoms with Gasteiger partial charge in [-0.25, -0.2) is 4.79 Å². The fourth-order valence-electron chi connectivity index (χ4n) is 1.67. The Morgan fingerprint density at radius 1 is 1.33 bits per heavy atom. The second-order valence-electron chi connectivity index (χ2n) is 4.25. The van der Waals surface area contributed by atoms with Crippen LogP contribution in [0.5, 0.6) is 11.5 Å². The summed E-state index contributed by atoms with van der Waals surface area (Å²) in [4.78, 5) is 23.0. The van der Waals surface area contributed by atoms with E-state index in [0.717, 1.165) is 5.56 Å². The zero-order chi connectivity index (χ0) is 15.8. The highest BCUT2D eigenvalue weighted by molar-refractivity contribution is 7.13. The molecule has 0 saturated heterocycles. The van der Waals surface area contributed by atoms with Gasteiger partial charge in [0.25, 0.3) is 0 Å². The van der Waals surface area contributed by atoms with E-state index >= 15 is 0 Å². The van der Waals surface area contributed by atoms with Gasteiger partial charge in [-0.3, -0.25) is 9.88 Å². The summed E-state index contributed by atoms with van der Waals surface area (Å²) >= 11 is 0. The molecule has 3 N–H and O–H groups in total. The second-order valence-corrected chi connectivity index (χ2v) is 4.65. The number of esters is 1. The first-order valence-corrected chi connectivity index (χ1v) is 6.78. The standard InChI is InChI=1S/C13H19N2O5P/c1-8-3-9(7-16)13(10(4-8)19-2)20-12(18)6-14-11(17)5-15-21/h3-4,15-16H,5-7,21H2,1-2H3,(H,14,17). The number of hydrogen-bond acceptors (Lipinski definition) is 6. The Kier molecular flexibility index (Phi) is 7.08. The molecule has 21 heavy (non-hydrogen) atoms. The summed E-state index contributed by atoms with van der Waals surface area (Å²) in [5.41, 5.74) is 1.31. The predicted octanol–water partition coefficient (Wildman–Crippen LogP) is -0.103. The number of aliphatic hydroxyl groups excluding tert-OH is 1. The number of rotatable bonds is 7. The highest BCUT2D eigenvalue weighted by Gasteiger charge is 2.16. The van der Waals surface area contributed by atoms with Crippen LogP contribution in [-0.2, 0) is 16.2 Å². The van der Waals surface area contributed by atoms with Gasteiger partial charge in [0.2, 0.25) is 5.91 Å². The summed E-state index contributed by atoms with van der Waals surface area (Å²) in [6.45, 7) is 1.36. The van der Waals surface area contributed by atoms with Gasteiger partial charge < -0.3 is 19.9 Å². The molecule has 0 aliphatic carbocycles. The van der Waals surface area contributed by atoms with Crippen molar-refractivity contribution in [1.82, 2.24) is 10.4 Å². The van der Waals surface area contributed by atoms with Gasteiger partial charge in [0.15, 0.2) is 11.5 Å². The zero-order valence-electron chi connectivity index (χ0n) is 11.9. The molecule has 1 unspecified atom stereocenters. The van der Waals surface area contributed by atoms with Crippen LogP contribution in [0, 0.1) is 6.92 Å². The van der Waals surface area contributed by atoms with Crippen LogP contribution in [-0.4, -0.2) is 37.2 Å². The molecule has 0 saturated carbocycles. The lowest BCUT2D eigenvalue weighted by atomic mass is 10.1. The van der Waals surface area contributed by atoms with Crippen molar-refractivity contribution in [1.29, 1.82) is 0 Å². The molecule has 0 heterocycles. The zero-order valence-corrected chi connectivity index (χ0v) is 13.1. The third kappa shape index (κ3) is 5.30.